The summed E-state index contributed by atoms with van der Waals surface area (Å²) in [6.45, 7) is 8.08. The molecule has 1 unspecified atom stereocenters. The van der Waals surface area contributed by atoms with E-state index in [-0.39, 0.29) is 6.04 Å². The second-order valence-corrected chi connectivity index (χ2v) is 6.04. The zero-order valence-corrected chi connectivity index (χ0v) is 10.8. The maximum absolute atomic E-state index is 12.7. The van der Waals surface area contributed by atoms with Crippen LogP contribution in [0.3, 0.4) is 0 Å². The molecule has 1 aliphatic carbocycles. The van der Waals surface area contributed by atoms with Crippen molar-refractivity contribution in [2.45, 2.75) is 65.6 Å². The van der Waals surface area contributed by atoms with Gasteiger partial charge in [0.2, 0.25) is 0 Å². The van der Waals surface area contributed by atoms with Crippen LogP contribution < -0.4 is 5.32 Å². The van der Waals surface area contributed by atoms with E-state index in [1.807, 2.05) is 0 Å². The van der Waals surface area contributed by atoms with Crippen molar-refractivity contribution in [1.82, 2.24) is 5.32 Å². The fourth-order valence-corrected chi connectivity index (χ4v) is 2.42. The highest BCUT2D eigenvalue weighted by Gasteiger charge is 2.30. The summed E-state index contributed by atoms with van der Waals surface area (Å²) in [6, 6.07) is 0.185. The van der Waals surface area contributed by atoms with Gasteiger partial charge >= 0.3 is 0 Å². The van der Waals surface area contributed by atoms with Crippen LogP contribution in [0.1, 0.15) is 53.4 Å². The summed E-state index contributed by atoms with van der Waals surface area (Å²) < 4.78 is 12.7. The largest absolute Gasteiger partial charge is 0.351 e. The van der Waals surface area contributed by atoms with Crippen molar-refractivity contribution in [3.63, 3.8) is 0 Å². The molecule has 1 aliphatic rings. The number of alkyl halides is 1. The summed E-state index contributed by atoms with van der Waals surface area (Å²) in [4.78, 5) is 11.2. The third-order valence-electron chi connectivity index (χ3n) is 3.66. The minimum atomic E-state index is -1.39. The van der Waals surface area contributed by atoms with Crippen LogP contribution in [-0.2, 0) is 4.79 Å². The van der Waals surface area contributed by atoms with E-state index in [0.717, 1.165) is 31.6 Å². The molecule has 94 valence electrons. The molecule has 0 aromatic carbocycles. The van der Waals surface area contributed by atoms with Crippen molar-refractivity contribution in [3.8, 4) is 0 Å². The van der Waals surface area contributed by atoms with E-state index in [1.54, 1.807) is 0 Å². The molecule has 3 heteroatoms. The average Bonchev–Trinajstić information content (AvgIpc) is 2.17. The molecular weight excluding hydrogens is 205 g/mol. The van der Waals surface area contributed by atoms with E-state index in [2.05, 4.69) is 26.1 Å². The monoisotopic (exact) mass is 229 g/mol. The van der Waals surface area contributed by atoms with Gasteiger partial charge in [0.05, 0.1) is 0 Å². The third-order valence-corrected chi connectivity index (χ3v) is 3.66. The highest BCUT2D eigenvalue weighted by molar-refractivity contribution is 5.80. The first kappa shape index (κ1) is 13.5. The second kappa shape index (κ2) is 5.15. The maximum Gasteiger partial charge on any atom is 0.254 e. The molecule has 1 saturated carbocycles. The summed E-state index contributed by atoms with van der Waals surface area (Å²) in [5.41, 5.74) is 0.350. The predicted octanol–water partition coefficient (Wildman–Crippen LogP) is 3.07. The maximum atomic E-state index is 12.7. The van der Waals surface area contributed by atoms with Gasteiger partial charge in [-0.15, -0.1) is 0 Å². The first-order valence-corrected chi connectivity index (χ1v) is 6.25. The Morgan fingerprint density at radius 1 is 1.25 bits per heavy atom. The molecule has 0 aliphatic heterocycles. The molecule has 1 N–H and O–H groups in total. The fraction of sp³-hybridized carbons (Fsp3) is 0.923. The Morgan fingerprint density at radius 2 is 1.75 bits per heavy atom. The predicted molar refractivity (Wildman–Crippen MR) is 63.9 cm³/mol. The third kappa shape index (κ3) is 3.76. The number of hydrogen-bond acceptors (Lipinski definition) is 1. The fourth-order valence-electron chi connectivity index (χ4n) is 2.42. The summed E-state index contributed by atoms with van der Waals surface area (Å²) >= 11 is 0. The van der Waals surface area contributed by atoms with Crippen LogP contribution in [0.4, 0.5) is 4.39 Å². The Kier molecular flexibility index (Phi) is 4.34. The standard InChI is InChI=1S/C13H24FNO/c1-9(14)12(16)15-11-7-5-10(6-8-11)13(2,3)4/h9-11H,5-8H2,1-4H3,(H,15,16). The van der Waals surface area contributed by atoms with E-state index in [4.69, 9.17) is 0 Å². The van der Waals surface area contributed by atoms with Crippen molar-refractivity contribution in [3.05, 3.63) is 0 Å². The molecule has 2 nitrogen and oxygen atoms in total. The highest BCUT2D eigenvalue weighted by Crippen LogP contribution is 2.37. The molecule has 0 spiro atoms. The zero-order chi connectivity index (χ0) is 12.3. The van der Waals surface area contributed by atoms with E-state index in [1.165, 1.54) is 6.92 Å². The van der Waals surface area contributed by atoms with Gasteiger partial charge in [0.1, 0.15) is 0 Å². The van der Waals surface area contributed by atoms with E-state index in [9.17, 15) is 9.18 Å². The van der Waals surface area contributed by atoms with Gasteiger partial charge < -0.3 is 5.32 Å². The molecule has 1 fully saturated rings. The van der Waals surface area contributed by atoms with Gasteiger partial charge in [-0.05, 0) is 43.9 Å². The molecule has 1 atom stereocenters. The Bertz CT molecular complexity index is 237. The Balaban J connectivity index is 2.35. The Hall–Kier alpha value is -0.600. The smallest absolute Gasteiger partial charge is 0.254 e. The molecule has 1 amide bonds. The molecule has 16 heavy (non-hydrogen) atoms. The molecule has 0 saturated heterocycles. The highest BCUT2D eigenvalue weighted by atomic mass is 19.1. The number of nitrogens with one attached hydrogen (secondary N) is 1. The summed E-state index contributed by atoms with van der Waals surface area (Å²) in [5, 5.41) is 2.78. The van der Waals surface area contributed by atoms with Gasteiger partial charge in [-0.2, -0.15) is 0 Å². The minimum absolute atomic E-state index is 0.185. The number of hydrogen-bond donors (Lipinski definition) is 1. The number of carbonyl (C=O) groups is 1. The Morgan fingerprint density at radius 3 is 2.12 bits per heavy atom. The topological polar surface area (TPSA) is 29.1 Å². The quantitative estimate of drug-likeness (QED) is 0.774. The van der Waals surface area contributed by atoms with Crippen LogP contribution in [0.2, 0.25) is 0 Å². The zero-order valence-electron chi connectivity index (χ0n) is 10.8. The van der Waals surface area contributed by atoms with Crippen molar-refractivity contribution in [2.75, 3.05) is 0 Å². The van der Waals surface area contributed by atoms with Gasteiger partial charge in [-0.25, -0.2) is 4.39 Å². The lowest BCUT2D eigenvalue weighted by Gasteiger charge is -2.37. The number of halogens is 1. The summed E-state index contributed by atoms with van der Waals surface area (Å²) in [6.07, 6.45) is 2.85. The van der Waals surface area contributed by atoms with Gasteiger partial charge in [0, 0.05) is 6.04 Å². The van der Waals surface area contributed by atoms with Crippen LogP contribution in [-0.4, -0.2) is 18.1 Å². The first-order valence-electron chi connectivity index (χ1n) is 6.25. The van der Waals surface area contributed by atoms with E-state index < -0.39 is 12.1 Å². The van der Waals surface area contributed by atoms with Crippen LogP contribution >= 0.6 is 0 Å². The lowest BCUT2D eigenvalue weighted by molar-refractivity contribution is -0.126. The van der Waals surface area contributed by atoms with Gasteiger partial charge in [0.15, 0.2) is 6.17 Å². The second-order valence-electron chi connectivity index (χ2n) is 6.04. The van der Waals surface area contributed by atoms with Crippen LogP contribution in [0, 0.1) is 11.3 Å². The first-order chi connectivity index (χ1) is 7.30. The number of carbonyl (C=O) groups excluding carboxylic acids is 1. The SMILES string of the molecule is CC(F)C(=O)NC1CCC(C(C)(C)C)CC1. The summed E-state index contributed by atoms with van der Waals surface area (Å²) in [7, 11) is 0. The molecule has 0 heterocycles. The van der Waals surface area contributed by atoms with Crippen molar-refractivity contribution in [2.24, 2.45) is 11.3 Å². The van der Waals surface area contributed by atoms with Crippen molar-refractivity contribution >= 4 is 5.91 Å². The molecule has 1 rings (SSSR count). The van der Waals surface area contributed by atoms with Gasteiger partial charge in [-0.3, -0.25) is 4.79 Å². The average molecular weight is 229 g/mol. The lowest BCUT2D eigenvalue weighted by Crippen LogP contribution is -2.42. The van der Waals surface area contributed by atoms with Crippen molar-refractivity contribution in [1.29, 1.82) is 0 Å². The van der Waals surface area contributed by atoms with Crippen LogP contribution in [0.15, 0.2) is 0 Å². The minimum Gasteiger partial charge on any atom is -0.351 e. The molecular formula is C13H24FNO. The number of rotatable bonds is 2. The molecule has 0 aromatic heterocycles. The van der Waals surface area contributed by atoms with E-state index >= 15 is 0 Å². The van der Waals surface area contributed by atoms with Gasteiger partial charge in [0.25, 0.3) is 5.91 Å². The molecule has 0 radical (unpaired) electrons. The lowest BCUT2D eigenvalue weighted by atomic mass is 9.71. The van der Waals surface area contributed by atoms with Crippen LogP contribution in [0.5, 0.6) is 0 Å². The van der Waals surface area contributed by atoms with Crippen LogP contribution in [0.25, 0.3) is 0 Å². The van der Waals surface area contributed by atoms with Gasteiger partial charge in [-0.1, -0.05) is 20.8 Å². The number of amides is 1. The molecule has 0 bridgehead atoms. The molecule has 0 aromatic rings. The van der Waals surface area contributed by atoms with Crippen molar-refractivity contribution < 1.29 is 9.18 Å². The normalized spacial score (nSPS) is 28.6. The summed E-state index contributed by atoms with van der Waals surface area (Å²) in [5.74, 6) is 0.266. The Labute approximate surface area is 98.0 Å². The van der Waals surface area contributed by atoms with E-state index in [0.29, 0.717) is 5.41 Å².